The van der Waals surface area contributed by atoms with Crippen LogP contribution in [0, 0.1) is 0 Å². The van der Waals surface area contributed by atoms with Crippen LogP contribution in [0.15, 0.2) is 16.7 Å². The van der Waals surface area contributed by atoms with Gasteiger partial charge in [-0.1, -0.05) is 13.3 Å². The van der Waals surface area contributed by atoms with E-state index >= 15 is 0 Å². The van der Waals surface area contributed by atoms with Crippen LogP contribution in [0.25, 0.3) is 11.2 Å². The summed E-state index contributed by atoms with van der Waals surface area (Å²) in [7, 11) is 0. The van der Waals surface area contributed by atoms with Crippen molar-refractivity contribution >= 4 is 17.2 Å². The Kier molecular flexibility index (Phi) is 3.15. The van der Waals surface area contributed by atoms with Crippen molar-refractivity contribution in [1.29, 1.82) is 0 Å². The third kappa shape index (κ3) is 2.18. The van der Waals surface area contributed by atoms with Gasteiger partial charge in [0.2, 0.25) is 5.65 Å². The second-order valence-electron chi connectivity index (χ2n) is 4.51. The van der Waals surface area contributed by atoms with Gasteiger partial charge in [-0.25, -0.2) is 4.98 Å². The summed E-state index contributed by atoms with van der Waals surface area (Å²) in [6.45, 7) is 5.27. The maximum Gasteiger partial charge on any atom is 0.300 e. The second-order valence-corrected chi connectivity index (χ2v) is 4.51. The number of pyridine rings is 1. The van der Waals surface area contributed by atoms with Gasteiger partial charge >= 0.3 is 0 Å². The Balaban J connectivity index is 1.89. The number of nitrogens with zero attached hydrogens (tertiary/aromatic N) is 3. The number of ether oxygens (including phenoxy) is 1. The van der Waals surface area contributed by atoms with Crippen LogP contribution in [0.2, 0.25) is 0 Å². The number of oxazole rings is 1. The van der Waals surface area contributed by atoms with E-state index in [1.165, 1.54) is 5.56 Å². The van der Waals surface area contributed by atoms with Crippen LogP contribution in [0.1, 0.15) is 18.9 Å². The van der Waals surface area contributed by atoms with Crippen molar-refractivity contribution in [2.45, 2.75) is 19.8 Å². The van der Waals surface area contributed by atoms with E-state index in [9.17, 15) is 0 Å². The van der Waals surface area contributed by atoms with E-state index in [1.807, 2.05) is 12.3 Å². The highest BCUT2D eigenvalue weighted by molar-refractivity contribution is 5.70. The van der Waals surface area contributed by atoms with Crippen LogP contribution in [-0.2, 0) is 11.2 Å². The molecule has 1 saturated heterocycles. The van der Waals surface area contributed by atoms with Crippen molar-refractivity contribution in [2.24, 2.45) is 0 Å². The Hall–Kier alpha value is -1.62. The van der Waals surface area contributed by atoms with Crippen LogP contribution in [-0.4, -0.2) is 36.3 Å². The first-order valence-corrected chi connectivity index (χ1v) is 6.45. The molecule has 0 atom stereocenters. The first-order valence-electron chi connectivity index (χ1n) is 6.45. The molecule has 96 valence electrons. The molecule has 0 aromatic carbocycles. The van der Waals surface area contributed by atoms with E-state index in [2.05, 4.69) is 21.8 Å². The first-order chi connectivity index (χ1) is 8.86. The number of fused-ring (bicyclic) bond motifs is 1. The molecule has 0 N–H and O–H groups in total. The molecule has 2 aromatic heterocycles. The van der Waals surface area contributed by atoms with E-state index in [1.54, 1.807) is 0 Å². The number of aromatic nitrogens is 2. The predicted molar refractivity (Wildman–Crippen MR) is 68.8 cm³/mol. The molecule has 3 heterocycles. The molecule has 5 nitrogen and oxygen atoms in total. The van der Waals surface area contributed by atoms with Crippen molar-refractivity contribution in [2.75, 3.05) is 31.2 Å². The molecule has 1 aliphatic heterocycles. The average Bonchev–Trinajstić information content (AvgIpc) is 2.83. The van der Waals surface area contributed by atoms with Crippen molar-refractivity contribution < 1.29 is 9.15 Å². The predicted octanol–water partition coefficient (Wildman–Crippen LogP) is 2.01. The molecule has 1 aliphatic rings. The smallest absolute Gasteiger partial charge is 0.300 e. The summed E-state index contributed by atoms with van der Waals surface area (Å²) in [5, 5.41) is 0. The lowest BCUT2D eigenvalue weighted by Gasteiger charge is -2.24. The minimum Gasteiger partial charge on any atom is -0.422 e. The van der Waals surface area contributed by atoms with E-state index < -0.39 is 0 Å². The highest BCUT2D eigenvalue weighted by Crippen LogP contribution is 2.22. The molecule has 1 fully saturated rings. The van der Waals surface area contributed by atoms with E-state index in [4.69, 9.17) is 9.15 Å². The average molecular weight is 247 g/mol. The third-order valence-electron chi connectivity index (χ3n) is 3.11. The number of rotatable bonds is 3. The molecule has 0 unspecified atom stereocenters. The van der Waals surface area contributed by atoms with Crippen LogP contribution in [0.4, 0.5) is 6.01 Å². The lowest BCUT2D eigenvalue weighted by molar-refractivity contribution is 0.120. The Bertz CT molecular complexity index is 532. The van der Waals surface area contributed by atoms with Gasteiger partial charge in [-0.3, -0.25) is 0 Å². The summed E-state index contributed by atoms with van der Waals surface area (Å²) >= 11 is 0. The topological polar surface area (TPSA) is 51.4 Å². The first kappa shape index (κ1) is 11.5. The summed E-state index contributed by atoms with van der Waals surface area (Å²) in [6, 6.07) is 2.71. The molecular weight excluding hydrogens is 230 g/mol. The lowest BCUT2D eigenvalue weighted by Crippen LogP contribution is -2.36. The number of hydrogen-bond acceptors (Lipinski definition) is 5. The molecule has 0 radical (unpaired) electrons. The summed E-state index contributed by atoms with van der Waals surface area (Å²) < 4.78 is 11.1. The molecule has 3 rings (SSSR count). The number of morpholine rings is 1. The summed E-state index contributed by atoms with van der Waals surface area (Å²) in [5.41, 5.74) is 2.67. The van der Waals surface area contributed by atoms with Gasteiger partial charge in [0, 0.05) is 19.3 Å². The second kappa shape index (κ2) is 4.94. The Labute approximate surface area is 106 Å². The monoisotopic (exact) mass is 247 g/mol. The van der Waals surface area contributed by atoms with Crippen LogP contribution in [0.5, 0.6) is 0 Å². The molecule has 0 saturated carbocycles. The van der Waals surface area contributed by atoms with Gasteiger partial charge in [-0.2, -0.15) is 4.98 Å². The fraction of sp³-hybridized carbons (Fsp3) is 0.538. The van der Waals surface area contributed by atoms with E-state index in [0.717, 1.165) is 44.7 Å². The zero-order valence-electron chi connectivity index (χ0n) is 10.6. The number of hydrogen-bond donors (Lipinski definition) is 0. The molecule has 0 spiro atoms. The third-order valence-corrected chi connectivity index (χ3v) is 3.11. The highest BCUT2D eigenvalue weighted by atomic mass is 16.5. The SMILES string of the molecule is CCCc1cnc2nc(N3CCOCC3)oc2c1. The van der Waals surface area contributed by atoms with Gasteiger partial charge in [0.05, 0.1) is 13.2 Å². The van der Waals surface area contributed by atoms with Gasteiger partial charge in [-0.05, 0) is 18.1 Å². The van der Waals surface area contributed by atoms with E-state index in [-0.39, 0.29) is 0 Å². The van der Waals surface area contributed by atoms with Gasteiger partial charge in [0.1, 0.15) is 0 Å². The molecule has 0 aliphatic carbocycles. The Morgan fingerprint density at radius 3 is 2.94 bits per heavy atom. The van der Waals surface area contributed by atoms with Gasteiger partial charge in [0.15, 0.2) is 5.58 Å². The fourth-order valence-electron chi connectivity index (χ4n) is 2.16. The minimum absolute atomic E-state index is 0.662. The lowest BCUT2D eigenvalue weighted by atomic mass is 10.2. The Morgan fingerprint density at radius 2 is 2.17 bits per heavy atom. The Morgan fingerprint density at radius 1 is 1.33 bits per heavy atom. The summed E-state index contributed by atoms with van der Waals surface area (Å²) in [5.74, 6) is 0. The summed E-state index contributed by atoms with van der Waals surface area (Å²) in [4.78, 5) is 10.9. The fourth-order valence-corrected chi connectivity index (χ4v) is 2.16. The molecule has 18 heavy (non-hydrogen) atoms. The van der Waals surface area contributed by atoms with Crippen LogP contribution in [0.3, 0.4) is 0 Å². The van der Waals surface area contributed by atoms with Gasteiger partial charge in [-0.15, -0.1) is 0 Å². The normalized spacial score (nSPS) is 16.4. The number of aryl methyl sites for hydroxylation is 1. The maximum atomic E-state index is 5.79. The van der Waals surface area contributed by atoms with Crippen molar-refractivity contribution in [3.8, 4) is 0 Å². The van der Waals surface area contributed by atoms with Gasteiger partial charge < -0.3 is 14.1 Å². The van der Waals surface area contributed by atoms with Crippen molar-refractivity contribution in [1.82, 2.24) is 9.97 Å². The molecule has 5 heteroatoms. The zero-order chi connectivity index (χ0) is 12.4. The van der Waals surface area contributed by atoms with Crippen LogP contribution < -0.4 is 4.90 Å². The van der Waals surface area contributed by atoms with Crippen molar-refractivity contribution in [3.05, 3.63) is 17.8 Å². The van der Waals surface area contributed by atoms with E-state index in [0.29, 0.717) is 11.7 Å². The summed E-state index contributed by atoms with van der Waals surface area (Å²) in [6.07, 6.45) is 4.02. The highest BCUT2D eigenvalue weighted by Gasteiger charge is 2.17. The molecule has 0 bridgehead atoms. The number of anilines is 1. The molecular formula is C13H17N3O2. The zero-order valence-corrected chi connectivity index (χ0v) is 10.6. The van der Waals surface area contributed by atoms with Crippen LogP contribution >= 0.6 is 0 Å². The minimum atomic E-state index is 0.662. The standard InChI is InChI=1S/C13H17N3O2/c1-2-3-10-8-11-12(14-9-10)15-13(18-11)16-4-6-17-7-5-16/h8-9H,2-7H2,1H3. The van der Waals surface area contributed by atoms with Crippen molar-refractivity contribution in [3.63, 3.8) is 0 Å². The largest absolute Gasteiger partial charge is 0.422 e. The molecule has 0 amide bonds. The van der Waals surface area contributed by atoms with Gasteiger partial charge in [0.25, 0.3) is 6.01 Å². The molecule has 2 aromatic rings. The quantitative estimate of drug-likeness (QED) is 0.830. The maximum absolute atomic E-state index is 5.79.